The Bertz CT molecular complexity index is 589. The van der Waals surface area contributed by atoms with E-state index in [1.165, 1.54) is 31.5 Å². The molecule has 26 heavy (non-hydrogen) atoms. The van der Waals surface area contributed by atoms with Crippen molar-refractivity contribution in [2.75, 3.05) is 46.8 Å². The summed E-state index contributed by atoms with van der Waals surface area (Å²) < 4.78 is 0. The van der Waals surface area contributed by atoms with Gasteiger partial charge in [-0.2, -0.15) is 0 Å². The van der Waals surface area contributed by atoms with Crippen LogP contribution in [0.1, 0.15) is 31.2 Å². The number of piperidine rings is 2. The Hall–Kier alpha value is -1.08. The molecule has 2 saturated heterocycles. The molecule has 1 atom stereocenters. The van der Waals surface area contributed by atoms with Gasteiger partial charge in [0.1, 0.15) is 0 Å². The number of benzene rings is 1. The normalized spacial score (nSPS) is 21.9. The van der Waals surface area contributed by atoms with Gasteiger partial charge >= 0.3 is 0 Å². The lowest BCUT2D eigenvalue weighted by Gasteiger charge is -2.34. The monoisotopic (exact) mass is 468 g/mol. The maximum absolute atomic E-state index is 4.52. The Kier molecular flexibility index (Phi) is 8.91. The molecule has 3 rings (SSSR count). The van der Waals surface area contributed by atoms with E-state index in [0.717, 1.165) is 44.4 Å². The van der Waals surface area contributed by atoms with Crippen LogP contribution in [0.2, 0.25) is 0 Å². The lowest BCUT2D eigenvalue weighted by atomic mass is 9.98. The molecule has 4 nitrogen and oxygen atoms in total. The van der Waals surface area contributed by atoms with Crippen LogP contribution in [0, 0.1) is 5.92 Å². The average Bonchev–Trinajstić information content (AvgIpc) is 2.64. The topological polar surface area (TPSA) is 30.9 Å². The van der Waals surface area contributed by atoms with Crippen LogP contribution in [0.15, 0.2) is 40.9 Å². The van der Waals surface area contributed by atoms with Gasteiger partial charge in [0.05, 0.1) is 0 Å². The largest absolute Gasteiger partial charge is 0.356 e. The van der Waals surface area contributed by atoms with Crippen LogP contribution in [0.5, 0.6) is 0 Å². The molecule has 2 heterocycles. The van der Waals surface area contributed by atoms with E-state index in [4.69, 9.17) is 0 Å². The van der Waals surface area contributed by atoms with Gasteiger partial charge in [0.2, 0.25) is 0 Å². The van der Waals surface area contributed by atoms with Gasteiger partial charge in [-0.3, -0.25) is 4.99 Å². The van der Waals surface area contributed by atoms with Gasteiger partial charge in [-0.15, -0.1) is 24.0 Å². The number of halogens is 1. The SMILES string of the molecule is CN=C(NCC1CCCN(C)C1)N1CCC(=Cc2ccccc2)CC1.I. The van der Waals surface area contributed by atoms with Gasteiger partial charge in [0.15, 0.2) is 5.96 Å². The van der Waals surface area contributed by atoms with Crippen molar-refractivity contribution in [2.24, 2.45) is 10.9 Å². The summed E-state index contributed by atoms with van der Waals surface area (Å²) in [6.07, 6.45) is 7.26. The minimum Gasteiger partial charge on any atom is -0.356 e. The zero-order valence-electron chi connectivity index (χ0n) is 16.2. The van der Waals surface area contributed by atoms with Gasteiger partial charge in [-0.1, -0.05) is 42.0 Å². The molecular weight excluding hydrogens is 435 g/mol. The molecule has 1 N–H and O–H groups in total. The molecule has 0 aromatic heterocycles. The van der Waals surface area contributed by atoms with E-state index in [-0.39, 0.29) is 24.0 Å². The fourth-order valence-corrected chi connectivity index (χ4v) is 3.94. The Morgan fingerprint density at radius 3 is 2.58 bits per heavy atom. The van der Waals surface area contributed by atoms with Crippen molar-refractivity contribution in [1.29, 1.82) is 0 Å². The van der Waals surface area contributed by atoms with E-state index in [1.807, 2.05) is 7.05 Å². The number of hydrogen-bond acceptors (Lipinski definition) is 2. The van der Waals surface area contributed by atoms with E-state index >= 15 is 0 Å². The summed E-state index contributed by atoms with van der Waals surface area (Å²) in [5.41, 5.74) is 2.86. The molecule has 1 unspecified atom stereocenters. The molecule has 0 saturated carbocycles. The quantitative estimate of drug-likeness (QED) is 0.417. The van der Waals surface area contributed by atoms with E-state index in [1.54, 1.807) is 5.57 Å². The number of nitrogens with zero attached hydrogens (tertiary/aromatic N) is 3. The maximum Gasteiger partial charge on any atom is 0.193 e. The standard InChI is InChI=1S/C21H32N4.HI/c1-22-21(23-16-20-9-6-12-24(2)17-20)25-13-10-19(11-14-25)15-18-7-4-3-5-8-18;/h3-5,7-8,15,20H,6,9-14,16-17H2,1-2H3,(H,22,23);1H. The first-order chi connectivity index (χ1) is 12.2. The lowest BCUT2D eigenvalue weighted by molar-refractivity contribution is 0.209. The summed E-state index contributed by atoms with van der Waals surface area (Å²) in [6.45, 7) is 5.61. The smallest absolute Gasteiger partial charge is 0.193 e. The van der Waals surface area contributed by atoms with Crippen molar-refractivity contribution in [3.05, 3.63) is 41.5 Å². The third-order valence-electron chi connectivity index (χ3n) is 5.36. The Morgan fingerprint density at radius 2 is 1.92 bits per heavy atom. The summed E-state index contributed by atoms with van der Waals surface area (Å²) in [5, 5.41) is 3.62. The van der Waals surface area contributed by atoms with E-state index < -0.39 is 0 Å². The van der Waals surface area contributed by atoms with Crippen molar-refractivity contribution < 1.29 is 0 Å². The minimum atomic E-state index is 0. The molecule has 0 aliphatic carbocycles. The molecule has 0 spiro atoms. The molecule has 5 heteroatoms. The molecule has 2 aliphatic rings. The van der Waals surface area contributed by atoms with Crippen LogP contribution in [-0.4, -0.2) is 62.6 Å². The predicted molar refractivity (Wildman–Crippen MR) is 122 cm³/mol. The average molecular weight is 468 g/mol. The zero-order chi connectivity index (χ0) is 17.5. The van der Waals surface area contributed by atoms with Crippen LogP contribution in [0.4, 0.5) is 0 Å². The molecule has 1 aromatic rings. The van der Waals surface area contributed by atoms with Gasteiger partial charge in [0.25, 0.3) is 0 Å². The Labute approximate surface area is 175 Å². The second-order valence-corrected chi connectivity index (χ2v) is 7.40. The minimum absolute atomic E-state index is 0. The fraction of sp³-hybridized carbons (Fsp3) is 0.571. The fourth-order valence-electron chi connectivity index (χ4n) is 3.94. The number of aliphatic imine (C=N–C) groups is 1. The first kappa shape index (κ1) is 21.2. The second-order valence-electron chi connectivity index (χ2n) is 7.40. The van der Waals surface area contributed by atoms with E-state index in [2.05, 4.69) is 63.6 Å². The molecule has 1 aromatic carbocycles. The van der Waals surface area contributed by atoms with Crippen molar-refractivity contribution in [2.45, 2.75) is 25.7 Å². The summed E-state index contributed by atoms with van der Waals surface area (Å²) in [5.74, 6) is 1.82. The second kappa shape index (κ2) is 10.9. The first-order valence-electron chi connectivity index (χ1n) is 9.63. The summed E-state index contributed by atoms with van der Waals surface area (Å²) in [6, 6.07) is 10.7. The van der Waals surface area contributed by atoms with Crippen molar-refractivity contribution in [3.63, 3.8) is 0 Å². The van der Waals surface area contributed by atoms with E-state index in [9.17, 15) is 0 Å². The van der Waals surface area contributed by atoms with Crippen LogP contribution in [-0.2, 0) is 0 Å². The Morgan fingerprint density at radius 1 is 1.19 bits per heavy atom. The molecular formula is C21H33IN4. The number of hydrogen-bond donors (Lipinski definition) is 1. The van der Waals surface area contributed by atoms with Crippen molar-refractivity contribution in [3.8, 4) is 0 Å². The third kappa shape index (κ3) is 6.27. The van der Waals surface area contributed by atoms with Crippen molar-refractivity contribution in [1.82, 2.24) is 15.1 Å². The highest BCUT2D eigenvalue weighted by atomic mass is 127. The number of rotatable bonds is 3. The molecule has 0 radical (unpaired) electrons. The van der Waals surface area contributed by atoms with E-state index in [0.29, 0.717) is 0 Å². The highest BCUT2D eigenvalue weighted by Crippen LogP contribution is 2.20. The lowest BCUT2D eigenvalue weighted by Crippen LogP contribution is -2.47. The van der Waals surface area contributed by atoms with Gasteiger partial charge < -0.3 is 15.1 Å². The number of guanidine groups is 1. The molecule has 2 aliphatic heterocycles. The van der Waals surface area contributed by atoms with Crippen LogP contribution >= 0.6 is 24.0 Å². The van der Waals surface area contributed by atoms with Crippen molar-refractivity contribution >= 4 is 36.0 Å². The van der Waals surface area contributed by atoms with Crippen LogP contribution in [0.3, 0.4) is 0 Å². The van der Waals surface area contributed by atoms with Crippen LogP contribution < -0.4 is 5.32 Å². The zero-order valence-corrected chi connectivity index (χ0v) is 18.5. The highest BCUT2D eigenvalue weighted by molar-refractivity contribution is 14.0. The van der Waals surface area contributed by atoms with Gasteiger partial charge in [0, 0.05) is 33.2 Å². The Balaban J connectivity index is 0.00000243. The predicted octanol–water partition coefficient (Wildman–Crippen LogP) is 3.70. The third-order valence-corrected chi connectivity index (χ3v) is 5.36. The summed E-state index contributed by atoms with van der Waals surface area (Å²) in [7, 11) is 4.14. The maximum atomic E-state index is 4.52. The number of likely N-dealkylation sites (tertiary alicyclic amines) is 2. The van der Waals surface area contributed by atoms with Gasteiger partial charge in [-0.05, 0) is 50.8 Å². The van der Waals surface area contributed by atoms with Gasteiger partial charge in [-0.25, -0.2) is 0 Å². The molecule has 2 fully saturated rings. The summed E-state index contributed by atoms with van der Waals surface area (Å²) in [4.78, 5) is 9.38. The molecule has 144 valence electrons. The number of nitrogens with one attached hydrogen (secondary N) is 1. The molecule has 0 bridgehead atoms. The van der Waals surface area contributed by atoms with Crippen LogP contribution in [0.25, 0.3) is 6.08 Å². The summed E-state index contributed by atoms with van der Waals surface area (Å²) >= 11 is 0. The highest BCUT2D eigenvalue weighted by Gasteiger charge is 2.20. The molecule has 0 amide bonds. The first-order valence-corrected chi connectivity index (χ1v) is 9.63.